The van der Waals surface area contributed by atoms with Gasteiger partial charge in [0.2, 0.25) is 0 Å². The van der Waals surface area contributed by atoms with E-state index in [-0.39, 0.29) is 10.8 Å². The highest BCUT2D eigenvalue weighted by atomic mass is 15.1. The van der Waals surface area contributed by atoms with E-state index in [0.717, 1.165) is 5.69 Å². The van der Waals surface area contributed by atoms with Crippen molar-refractivity contribution in [3.8, 4) is 33.4 Å². The fourth-order valence-electron chi connectivity index (χ4n) is 8.57. The zero-order valence-corrected chi connectivity index (χ0v) is 27.4. The molecule has 47 heavy (non-hydrogen) atoms. The molecule has 0 aliphatic heterocycles. The highest BCUT2D eigenvalue weighted by Crippen LogP contribution is 2.59. The van der Waals surface area contributed by atoms with E-state index in [4.69, 9.17) is 0 Å². The minimum atomic E-state index is -0.141. The summed E-state index contributed by atoms with van der Waals surface area (Å²) in [5.41, 5.74) is 16.7. The van der Waals surface area contributed by atoms with E-state index in [1.807, 2.05) is 0 Å². The number of nitrogens with zero attached hydrogens (tertiary/aromatic N) is 1. The molecule has 7 aromatic carbocycles. The van der Waals surface area contributed by atoms with Gasteiger partial charge in [-0.15, -0.1) is 0 Å². The molecule has 2 aliphatic carbocycles. The summed E-state index contributed by atoms with van der Waals surface area (Å²) in [5, 5.41) is 2.60. The Hall–Kier alpha value is -5.40. The average molecular weight is 604 g/mol. The predicted octanol–water partition coefficient (Wildman–Crippen LogP) is 12.6. The smallest absolute Gasteiger partial charge is 0.0549 e. The monoisotopic (exact) mass is 603 g/mol. The maximum atomic E-state index is 2.55. The Kier molecular flexibility index (Phi) is 5.96. The minimum absolute atomic E-state index is 0.0926. The highest BCUT2D eigenvalue weighted by molar-refractivity contribution is 6.07. The van der Waals surface area contributed by atoms with Crippen LogP contribution in [0, 0.1) is 0 Å². The summed E-state index contributed by atoms with van der Waals surface area (Å²) in [6.45, 7) is 9.53. The Balaban J connectivity index is 1.39. The van der Waals surface area contributed by atoms with Crippen molar-refractivity contribution < 1.29 is 0 Å². The number of rotatable bonds is 4. The number of hydrogen-bond acceptors (Lipinski definition) is 1. The SMILES string of the molecule is CC1(C)c2ccccc2-c2c(N(c3ccc(-c4ccccc4)cc3)c3cc4ccccc4c4c3-c3ccccc3C4(C)C)cccc21. The molecule has 2 aliphatic rings. The second kappa shape index (κ2) is 10.0. The fraction of sp³-hybridized carbons (Fsp3) is 0.130. The van der Waals surface area contributed by atoms with Crippen LogP contribution in [0.3, 0.4) is 0 Å². The first-order chi connectivity index (χ1) is 22.9. The van der Waals surface area contributed by atoms with Crippen molar-refractivity contribution in [2.24, 2.45) is 0 Å². The molecular weight excluding hydrogens is 567 g/mol. The highest BCUT2D eigenvalue weighted by Gasteiger charge is 2.41. The van der Waals surface area contributed by atoms with E-state index in [9.17, 15) is 0 Å². The van der Waals surface area contributed by atoms with Gasteiger partial charge in [0.1, 0.15) is 0 Å². The van der Waals surface area contributed by atoms with Crippen LogP contribution in [0.2, 0.25) is 0 Å². The third kappa shape index (κ3) is 3.96. The lowest BCUT2D eigenvalue weighted by atomic mass is 9.80. The van der Waals surface area contributed by atoms with Gasteiger partial charge in [-0.1, -0.05) is 155 Å². The van der Waals surface area contributed by atoms with Crippen LogP contribution < -0.4 is 4.90 Å². The van der Waals surface area contributed by atoms with Crippen molar-refractivity contribution in [3.63, 3.8) is 0 Å². The van der Waals surface area contributed by atoms with Crippen molar-refractivity contribution in [2.45, 2.75) is 38.5 Å². The second-order valence-electron chi connectivity index (χ2n) is 14.2. The van der Waals surface area contributed by atoms with E-state index >= 15 is 0 Å². The Morgan fingerprint density at radius 3 is 1.74 bits per heavy atom. The Morgan fingerprint density at radius 2 is 1.00 bits per heavy atom. The molecule has 0 heterocycles. The predicted molar refractivity (Wildman–Crippen MR) is 199 cm³/mol. The van der Waals surface area contributed by atoms with Gasteiger partial charge in [-0.05, 0) is 79.5 Å². The molecule has 0 bridgehead atoms. The number of hydrogen-bond donors (Lipinski definition) is 0. The Bertz CT molecular complexity index is 2340. The van der Waals surface area contributed by atoms with Gasteiger partial charge >= 0.3 is 0 Å². The third-order valence-electron chi connectivity index (χ3n) is 10.8. The lowest BCUT2D eigenvalue weighted by Gasteiger charge is -2.32. The van der Waals surface area contributed by atoms with Crippen LogP contribution in [0.5, 0.6) is 0 Å². The van der Waals surface area contributed by atoms with Gasteiger partial charge in [-0.2, -0.15) is 0 Å². The summed E-state index contributed by atoms with van der Waals surface area (Å²) in [6, 6.07) is 56.2. The summed E-state index contributed by atoms with van der Waals surface area (Å²) in [5.74, 6) is 0. The first kappa shape index (κ1) is 27.9. The van der Waals surface area contributed by atoms with Crippen molar-refractivity contribution >= 4 is 27.8 Å². The van der Waals surface area contributed by atoms with Gasteiger partial charge in [0.25, 0.3) is 0 Å². The molecule has 0 unspecified atom stereocenters. The maximum absolute atomic E-state index is 2.55. The van der Waals surface area contributed by atoms with E-state index in [2.05, 4.69) is 184 Å². The number of benzene rings is 7. The van der Waals surface area contributed by atoms with Crippen molar-refractivity contribution in [3.05, 3.63) is 174 Å². The third-order valence-corrected chi connectivity index (χ3v) is 10.8. The van der Waals surface area contributed by atoms with Gasteiger partial charge in [0.15, 0.2) is 0 Å². The quantitative estimate of drug-likeness (QED) is 0.193. The van der Waals surface area contributed by atoms with Crippen LogP contribution in [-0.2, 0) is 10.8 Å². The van der Waals surface area contributed by atoms with E-state index in [1.165, 1.54) is 77.8 Å². The fourth-order valence-corrected chi connectivity index (χ4v) is 8.57. The van der Waals surface area contributed by atoms with Crippen LogP contribution in [0.15, 0.2) is 152 Å². The summed E-state index contributed by atoms with van der Waals surface area (Å²) in [4.78, 5) is 2.55. The molecular formula is C46H37N. The topological polar surface area (TPSA) is 3.24 Å². The molecule has 0 spiro atoms. The summed E-state index contributed by atoms with van der Waals surface area (Å²) in [6.07, 6.45) is 0. The lowest BCUT2D eigenvalue weighted by molar-refractivity contribution is 0.660. The van der Waals surface area contributed by atoms with Crippen LogP contribution in [-0.4, -0.2) is 0 Å². The largest absolute Gasteiger partial charge is 0.309 e. The lowest BCUT2D eigenvalue weighted by Crippen LogP contribution is -2.17. The molecule has 0 aromatic heterocycles. The van der Waals surface area contributed by atoms with Gasteiger partial charge in [-0.25, -0.2) is 0 Å². The molecule has 0 atom stereocenters. The normalized spacial score (nSPS) is 14.7. The molecule has 0 radical (unpaired) electrons. The second-order valence-corrected chi connectivity index (χ2v) is 14.2. The van der Waals surface area contributed by atoms with Crippen LogP contribution in [0.4, 0.5) is 17.1 Å². The molecule has 7 aromatic rings. The van der Waals surface area contributed by atoms with E-state index < -0.39 is 0 Å². The standard InChI is InChI=1S/C46H37N/c1-45(2)37-21-12-10-19-35(37)42-39(45)23-14-24-40(42)47(33-27-25-31(26-28-33)30-15-6-5-7-16-30)41-29-32-17-8-9-18-34(32)44-43(41)36-20-11-13-22-38(36)46(44,3)4/h5-29H,1-4H3. The molecule has 0 fully saturated rings. The van der Waals surface area contributed by atoms with Gasteiger partial charge < -0.3 is 4.90 Å². The minimum Gasteiger partial charge on any atom is -0.309 e. The maximum Gasteiger partial charge on any atom is 0.0549 e. The summed E-state index contributed by atoms with van der Waals surface area (Å²) in [7, 11) is 0. The van der Waals surface area contributed by atoms with Crippen molar-refractivity contribution in [1.82, 2.24) is 0 Å². The molecule has 0 saturated heterocycles. The molecule has 9 rings (SSSR count). The van der Waals surface area contributed by atoms with E-state index in [1.54, 1.807) is 0 Å². The Labute approximate surface area is 277 Å². The van der Waals surface area contributed by atoms with Crippen LogP contribution >= 0.6 is 0 Å². The van der Waals surface area contributed by atoms with Crippen LogP contribution in [0.25, 0.3) is 44.2 Å². The van der Waals surface area contributed by atoms with Gasteiger partial charge in [0, 0.05) is 27.6 Å². The van der Waals surface area contributed by atoms with Crippen LogP contribution in [0.1, 0.15) is 49.9 Å². The number of fused-ring (bicyclic) bond motifs is 8. The molecule has 1 heteroatoms. The summed E-state index contributed by atoms with van der Waals surface area (Å²) >= 11 is 0. The van der Waals surface area contributed by atoms with E-state index in [0.29, 0.717) is 0 Å². The van der Waals surface area contributed by atoms with Gasteiger partial charge in [0.05, 0.1) is 11.4 Å². The summed E-state index contributed by atoms with van der Waals surface area (Å²) < 4.78 is 0. The van der Waals surface area contributed by atoms with Gasteiger partial charge in [-0.3, -0.25) is 0 Å². The number of anilines is 3. The van der Waals surface area contributed by atoms with Crippen molar-refractivity contribution in [2.75, 3.05) is 4.90 Å². The van der Waals surface area contributed by atoms with Crippen molar-refractivity contribution in [1.29, 1.82) is 0 Å². The average Bonchev–Trinajstić information content (AvgIpc) is 3.50. The molecule has 0 saturated carbocycles. The zero-order valence-electron chi connectivity index (χ0n) is 27.4. The first-order valence-corrected chi connectivity index (χ1v) is 16.7. The Morgan fingerprint density at radius 1 is 0.426 bits per heavy atom. The molecule has 1 nitrogen and oxygen atoms in total. The zero-order chi connectivity index (χ0) is 31.9. The molecule has 0 N–H and O–H groups in total. The molecule has 226 valence electrons. The molecule has 0 amide bonds. The first-order valence-electron chi connectivity index (χ1n) is 16.7.